The highest BCUT2D eigenvalue weighted by molar-refractivity contribution is 5.99. The SMILES string of the molecule is CC1(C)c2ccccc2-c2cc(-c3ccccc3-c3cc(-c4ccc(-c5cccc6c5-c5cc7ccccc7cc5C6(C)C)cc4)nc(-c4ccccc4)n3)ccc21. The Morgan fingerprint density at radius 3 is 1.67 bits per heavy atom. The summed E-state index contributed by atoms with van der Waals surface area (Å²) in [6.07, 6.45) is 0. The van der Waals surface area contributed by atoms with Gasteiger partial charge in [-0.05, 0) is 102 Å². The van der Waals surface area contributed by atoms with Gasteiger partial charge in [0.1, 0.15) is 0 Å². The fourth-order valence-corrected chi connectivity index (χ4v) is 9.83. The van der Waals surface area contributed by atoms with Crippen LogP contribution in [0.4, 0.5) is 0 Å². The molecule has 0 saturated carbocycles. The molecule has 0 spiro atoms. The molecule has 0 bridgehead atoms. The van der Waals surface area contributed by atoms with Crippen molar-refractivity contribution >= 4 is 10.8 Å². The predicted octanol–water partition coefficient (Wildman–Crippen LogP) is 14.6. The molecular formula is C56H42N2. The van der Waals surface area contributed by atoms with Crippen molar-refractivity contribution in [2.75, 3.05) is 0 Å². The molecule has 0 fully saturated rings. The summed E-state index contributed by atoms with van der Waals surface area (Å²) in [5, 5.41) is 2.56. The molecule has 58 heavy (non-hydrogen) atoms. The Hall–Kier alpha value is -6.90. The summed E-state index contributed by atoms with van der Waals surface area (Å²) < 4.78 is 0. The molecule has 0 radical (unpaired) electrons. The van der Waals surface area contributed by atoms with Gasteiger partial charge in [-0.2, -0.15) is 0 Å². The van der Waals surface area contributed by atoms with Crippen LogP contribution >= 0.6 is 0 Å². The number of hydrogen-bond donors (Lipinski definition) is 0. The highest BCUT2D eigenvalue weighted by atomic mass is 14.9. The van der Waals surface area contributed by atoms with E-state index in [-0.39, 0.29) is 10.8 Å². The van der Waals surface area contributed by atoms with Crippen molar-refractivity contribution in [2.24, 2.45) is 0 Å². The van der Waals surface area contributed by atoms with Crippen LogP contribution in [-0.4, -0.2) is 9.97 Å². The minimum atomic E-state index is -0.0903. The third-order valence-electron chi connectivity index (χ3n) is 12.9. The van der Waals surface area contributed by atoms with E-state index in [1.165, 1.54) is 72.0 Å². The first kappa shape index (κ1) is 34.4. The van der Waals surface area contributed by atoms with Gasteiger partial charge in [-0.25, -0.2) is 9.97 Å². The van der Waals surface area contributed by atoms with Gasteiger partial charge in [0, 0.05) is 27.5 Å². The van der Waals surface area contributed by atoms with Crippen LogP contribution in [0.15, 0.2) is 182 Å². The molecule has 2 aliphatic rings. The fourth-order valence-electron chi connectivity index (χ4n) is 9.83. The number of fused-ring (bicyclic) bond motifs is 7. The monoisotopic (exact) mass is 742 g/mol. The molecule has 1 aromatic heterocycles. The molecule has 0 aliphatic heterocycles. The zero-order valence-electron chi connectivity index (χ0n) is 33.2. The van der Waals surface area contributed by atoms with Crippen LogP contribution in [0, 0.1) is 0 Å². The molecule has 8 aromatic carbocycles. The fraction of sp³-hybridized carbons (Fsp3) is 0.107. The molecule has 0 N–H and O–H groups in total. The number of hydrogen-bond acceptors (Lipinski definition) is 2. The second kappa shape index (κ2) is 12.8. The normalized spacial score (nSPS) is 14.1. The Kier molecular flexibility index (Phi) is 7.59. The quantitative estimate of drug-likeness (QED) is 0.175. The molecule has 0 saturated heterocycles. The van der Waals surface area contributed by atoms with Crippen molar-refractivity contribution in [1.29, 1.82) is 0 Å². The lowest BCUT2D eigenvalue weighted by Crippen LogP contribution is -2.14. The number of aromatic nitrogens is 2. The zero-order chi connectivity index (χ0) is 39.2. The van der Waals surface area contributed by atoms with Crippen LogP contribution < -0.4 is 0 Å². The first-order valence-electron chi connectivity index (χ1n) is 20.3. The molecule has 2 nitrogen and oxygen atoms in total. The highest BCUT2D eigenvalue weighted by Gasteiger charge is 2.37. The maximum atomic E-state index is 5.27. The molecule has 9 aromatic rings. The summed E-state index contributed by atoms with van der Waals surface area (Å²) in [7, 11) is 0. The second-order valence-electron chi connectivity index (χ2n) is 17.0. The zero-order valence-corrected chi connectivity index (χ0v) is 33.2. The van der Waals surface area contributed by atoms with E-state index >= 15 is 0 Å². The van der Waals surface area contributed by atoms with Crippen LogP contribution in [0.5, 0.6) is 0 Å². The third kappa shape index (κ3) is 5.25. The number of nitrogens with zero attached hydrogens (tertiary/aromatic N) is 2. The number of benzene rings is 8. The maximum absolute atomic E-state index is 5.27. The molecular weight excluding hydrogens is 701 g/mol. The predicted molar refractivity (Wildman–Crippen MR) is 242 cm³/mol. The van der Waals surface area contributed by atoms with E-state index in [1.54, 1.807) is 0 Å². The van der Waals surface area contributed by atoms with Crippen molar-refractivity contribution < 1.29 is 0 Å². The molecule has 0 amide bonds. The van der Waals surface area contributed by atoms with E-state index in [2.05, 4.69) is 204 Å². The van der Waals surface area contributed by atoms with Crippen molar-refractivity contribution in [2.45, 2.75) is 38.5 Å². The molecule has 0 atom stereocenters. The van der Waals surface area contributed by atoms with Crippen molar-refractivity contribution in [3.63, 3.8) is 0 Å². The number of rotatable bonds is 5. The smallest absolute Gasteiger partial charge is 0.160 e. The van der Waals surface area contributed by atoms with E-state index in [0.29, 0.717) is 5.82 Å². The van der Waals surface area contributed by atoms with Crippen molar-refractivity contribution in [3.05, 3.63) is 204 Å². The molecule has 2 aliphatic carbocycles. The lowest BCUT2D eigenvalue weighted by Gasteiger charge is -2.22. The van der Waals surface area contributed by atoms with Gasteiger partial charge in [0.05, 0.1) is 11.4 Å². The lowest BCUT2D eigenvalue weighted by atomic mass is 9.81. The average molecular weight is 743 g/mol. The largest absolute Gasteiger partial charge is 0.228 e. The van der Waals surface area contributed by atoms with Gasteiger partial charge in [0.15, 0.2) is 5.82 Å². The van der Waals surface area contributed by atoms with Crippen molar-refractivity contribution in [3.8, 4) is 78.4 Å². The first-order chi connectivity index (χ1) is 28.3. The standard InChI is InChI=1S/C56H42N2/c1-55(2)47-23-13-12-20-43(47)45-32-40(29-30-48(45)55)41-19-10-11-21-44(41)52-34-51(57-54(58-52)37-15-6-5-7-16-37)36-27-25-35(26-28-36)42-22-14-24-49-53(42)46-31-38-17-8-9-18-39(38)33-50(46)56(49,3)4/h5-34H,1-4H3. The van der Waals surface area contributed by atoms with Crippen LogP contribution in [0.1, 0.15) is 49.9 Å². The third-order valence-corrected chi connectivity index (χ3v) is 12.9. The Morgan fingerprint density at radius 2 is 0.879 bits per heavy atom. The van der Waals surface area contributed by atoms with Gasteiger partial charge < -0.3 is 0 Å². The van der Waals surface area contributed by atoms with Gasteiger partial charge in [0.25, 0.3) is 0 Å². The first-order valence-corrected chi connectivity index (χ1v) is 20.3. The summed E-state index contributed by atoms with van der Waals surface area (Å²) in [5.74, 6) is 0.712. The van der Waals surface area contributed by atoms with E-state index < -0.39 is 0 Å². The van der Waals surface area contributed by atoms with Crippen LogP contribution in [0.25, 0.3) is 89.2 Å². The lowest BCUT2D eigenvalue weighted by molar-refractivity contribution is 0.660. The van der Waals surface area contributed by atoms with E-state index in [4.69, 9.17) is 9.97 Å². The Labute approximate surface area is 340 Å². The van der Waals surface area contributed by atoms with Gasteiger partial charge in [-0.15, -0.1) is 0 Å². The molecule has 0 unspecified atom stereocenters. The van der Waals surface area contributed by atoms with Crippen molar-refractivity contribution in [1.82, 2.24) is 9.97 Å². The average Bonchev–Trinajstić information content (AvgIpc) is 3.64. The van der Waals surface area contributed by atoms with Gasteiger partial charge in [-0.3, -0.25) is 0 Å². The van der Waals surface area contributed by atoms with E-state index in [1.807, 2.05) is 6.07 Å². The minimum absolute atomic E-state index is 0.0395. The topological polar surface area (TPSA) is 25.8 Å². The Balaban J connectivity index is 1.02. The minimum Gasteiger partial charge on any atom is -0.228 e. The summed E-state index contributed by atoms with van der Waals surface area (Å²) in [5.41, 5.74) is 20.4. The van der Waals surface area contributed by atoms with Crippen LogP contribution in [0.3, 0.4) is 0 Å². The summed E-state index contributed by atoms with van der Waals surface area (Å²) in [6.45, 7) is 9.38. The summed E-state index contributed by atoms with van der Waals surface area (Å²) in [4.78, 5) is 10.5. The summed E-state index contributed by atoms with van der Waals surface area (Å²) in [6, 6.07) is 66.3. The molecule has 276 valence electrons. The molecule has 2 heteroatoms. The van der Waals surface area contributed by atoms with E-state index in [0.717, 1.165) is 33.6 Å². The van der Waals surface area contributed by atoms with E-state index in [9.17, 15) is 0 Å². The second-order valence-corrected chi connectivity index (χ2v) is 17.0. The van der Waals surface area contributed by atoms with Crippen LogP contribution in [0.2, 0.25) is 0 Å². The molecule has 11 rings (SSSR count). The maximum Gasteiger partial charge on any atom is 0.160 e. The Morgan fingerprint density at radius 1 is 0.310 bits per heavy atom. The van der Waals surface area contributed by atoms with Gasteiger partial charge in [0.2, 0.25) is 0 Å². The molecule has 1 heterocycles. The highest BCUT2D eigenvalue weighted by Crippen LogP contribution is 2.53. The Bertz CT molecular complexity index is 3100. The summed E-state index contributed by atoms with van der Waals surface area (Å²) >= 11 is 0. The van der Waals surface area contributed by atoms with Gasteiger partial charge in [-0.1, -0.05) is 185 Å². The van der Waals surface area contributed by atoms with Gasteiger partial charge >= 0.3 is 0 Å². The van der Waals surface area contributed by atoms with Crippen LogP contribution in [-0.2, 0) is 10.8 Å².